The molecule has 1 saturated heterocycles. The van der Waals surface area contributed by atoms with Crippen LogP contribution in [0.25, 0.3) is 22.1 Å². The van der Waals surface area contributed by atoms with Crippen LogP contribution in [0.5, 0.6) is 5.75 Å². The summed E-state index contributed by atoms with van der Waals surface area (Å²) in [6, 6.07) is 7.59. The van der Waals surface area contributed by atoms with Crippen LogP contribution < -0.4 is 15.7 Å². The highest BCUT2D eigenvalue weighted by molar-refractivity contribution is 5.90. The second-order valence-corrected chi connectivity index (χ2v) is 9.90. The summed E-state index contributed by atoms with van der Waals surface area (Å²) in [5.74, 6) is 1.59. The van der Waals surface area contributed by atoms with Gasteiger partial charge in [0.15, 0.2) is 5.65 Å². The third-order valence-electron chi connectivity index (χ3n) is 7.28. The number of urea groups is 1. The Morgan fingerprint density at radius 2 is 1.78 bits per heavy atom. The fourth-order valence-electron chi connectivity index (χ4n) is 5.31. The molecule has 1 aliphatic carbocycles. The number of imidazole rings is 1. The standard InChI is InChI=1S/C26H36N6O3.2ClH/c33-25-29-23-17-20-16-21(8-9-22(20)28-24(23)30-25)35-15-5-10-27-26(34)32-13-11-31(12-14-32)18-19-6-3-1-2-4-7-19;;/h8-9,16-17,19H,1-7,10-15,18H2,(H,27,34)(H2,28,29,30,33);2*1H. The number of benzene rings is 1. The largest absolute Gasteiger partial charge is 0.494 e. The number of ether oxygens (including phenoxy) is 1. The number of aromatic amines is 2. The molecule has 3 aromatic rings. The smallest absolute Gasteiger partial charge is 0.325 e. The normalized spacial score (nSPS) is 17.1. The summed E-state index contributed by atoms with van der Waals surface area (Å²) < 4.78 is 5.87. The van der Waals surface area contributed by atoms with Crippen LogP contribution in [0, 0.1) is 5.92 Å². The van der Waals surface area contributed by atoms with Crippen molar-refractivity contribution in [2.45, 2.75) is 44.9 Å². The van der Waals surface area contributed by atoms with Gasteiger partial charge in [-0.15, -0.1) is 24.8 Å². The van der Waals surface area contributed by atoms with Crippen molar-refractivity contribution in [1.29, 1.82) is 0 Å². The number of halogens is 2. The van der Waals surface area contributed by atoms with E-state index in [0.29, 0.717) is 24.3 Å². The van der Waals surface area contributed by atoms with E-state index in [4.69, 9.17) is 4.74 Å². The topological polar surface area (TPSA) is 106 Å². The molecule has 2 aromatic heterocycles. The molecule has 2 fully saturated rings. The minimum Gasteiger partial charge on any atom is -0.494 e. The summed E-state index contributed by atoms with van der Waals surface area (Å²) in [7, 11) is 0. The van der Waals surface area contributed by atoms with Crippen LogP contribution in [0.3, 0.4) is 0 Å². The van der Waals surface area contributed by atoms with Gasteiger partial charge in [-0.1, -0.05) is 25.7 Å². The molecule has 2 amide bonds. The first-order valence-electron chi connectivity index (χ1n) is 13.0. The summed E-state index contributed by atoms with van der Waals surface area (Å²) in [5.41, 5.74) is 1.75. The van der Waals surface area contributed by atoms with Crippen LogP contribution >= 0.6 is 24.8 Å². The Balaban J connectivity index is 0.00000190. The van der Waals surface area contributed by atoms with Gasteiger partial charge >= 0.3 is 11.7 Å². The summed E-state index contributed by atoms with van der Waals surface area (Å²) in [6.07, 6.45) is 9.04. The maximum atomic E-state index is 12.5. The van der Waals surface area contributed by atoms with E-state index in [1.165, 1.54) is 45.1 Å². The van der Waals surface area contributed by atoms with Crippen molar-refractivity contribution in [2.24, 2.45) is 5.92 Å². The minimum atomic E-state index is -0.266. The van der Waals surface area contributed by atoms with Crippen molar-refractivity contribution >= 4 is 52.9 Å². The number of aromatic nitrogens is 3. The van der Waals surface area contributed by atoms with Crippen molar-refractivity contribution in [3.05, 3.63) is 34.7 Å². The van der Waals surface area contributed by atoms with Crippen molar-refractivity contribution in [1.82, 2.24) is 30.1 Å². The summed E-state index contributed by atoms with van der Waals surface area (Å²) in [6.45, 7) is 5.87. The first-order valence-corrected chi connectivity index (χ1v) is 13.0. The molecule has 9 nitrogen and oxygen atoms in total. The molecular weight excluding hydrogens is 515 g/mol. The van der Waals surface area contributed by atoms with Gasteiger partial charge in [0.2, 0.25) is 0 Å². The fraction of sp³-hybridized carbons (Fsp3) is 0.577. The number of fused-ring (bicyclic) bond motifs is 2. The number of nitrogens with zero attached hydrogens (tertiary/aromatic N) is 3. The lowest BCUT2D eigenvalue weighted by Gasteiger charge is -2.36. The summed E-state index contributed by atoms with van der Waals surface area (Å²) in [5, 5.41) is 3.94. The molecule has 3 N–H and O–H groups in total. The Kier molecular flexibility index (Phi) is 10.9. The zero-order chi connectivity index (χ0) is 24.0. The number of carbonyl (C=O) groups is 1. The van der Waals surface area contributed by atoms with Crippen molar-refractivity contribution < 1.29 is 9.53 Å². The molecule has 3 heterocycles. The molecule has 0 radical (unpaired) electrons. The maximum Gasteiger partial charge on any atom is 0.325 e. The summed E-state index contributed by atoms with van der Waals surface area (Å²) in [4.78, 5) is 38.4. The molecule has 11 heteroatoms. The van der Waals surface area contributed by atoms with Crippen LogP contribution in [0.4, 0.5) is 4.79 Å². The first-order chi connectivity index (χ1) is 17.1. The van der Waals surface area contributed by atoms with E-state index >= 15 is 0 Å². The number of amides is 2. The Morgan fingerprint density at radius 1 is 1.03 bits per heavy atom. The monoisotopic (exact) mass is 552 g/mol. The average molecular weight is 554 g/mol. The van der Waals surface area contributed by atoms with E-state index in [9.17, 15) is 9.59 Å². The van der Waals surface area contributed by atoms with Crippen LogP contribution in [0.2, 0.25) is 0 Å². The lowest BCUT2D eigenvalue weighted by atomic mass is 9.99. The van der Waals surface area contributed by atoms with Gasteiger partial charge in [0, 0.05) is 44.7 Å². The van der Waals surface area contributed by atoms with Crippen molar-refractivity contribution in [3.8, 4) is 5.75 Å². The van der Waals surface area contributed by atoms with Gasteiger partial charge in [-0.3, -0.25) is 9.88 Å². The highest BCUT2D eigenvalue weighted by Gasteiger charge is 2.23. The number of hydrogen-bond donors (Lipinski definition) is 3. The third kappa shape index (κ3) is 7.75. The second kappa shape index (κ2) is 13.9. The molecule has 0 atom stereocenters. The number of piperazine rings is 1. The van der Waals surface area contributed by atoms with Gasteiger partial charge in [-0.2, -0.15) is 0 Å². The Hall–Kier alpha value is -2.49. The van der Waals surface area contributed by atoms with E-state index < -0.39 is 0 Å². The zero-order valence-electron chi connectivity index (χ0n) is 21.2. The van der Waals surface area contributed by atoms with E-state index in [1.54, 1.807) is 0 Å². The molecule has 0 bridgehead atoms. The molecule has 0 unspecified atom stereocenters. The molecular formula is C26H38Cl2N6O3. The highest BCUT2D eigenvalue weighted by atomic mass is 35.5. The molecule has 37 heavy (non-hydrogen) atoms. The third-order valence-corrected chi connectivity index (χ3v) is 7.28. The molecule has 2 aliphatic rings. The van der Waals surface area contributed by atoms with Crippen molar-refractivity contribution in [2.75, 3.05) is 45.9 Å². The fourth-order valence-corrected chi connectivity index (χ4v) is 5.31. The Morgan fingerprint density at radius 3 is 2.54 bits per heavy atom. The lowest BCUT2D eigenvalue weighted by molar-refractivity contribution is 0.124. The van der Waals surface area contributed by atoms with Gasteiger partial charge in [0.05, 0.1) is 17.6 Å². The van der Waals surface area contributed by atoms with E-state index in [-0.39, 0.29) is 36.5 Å². The van der Waals surface area contributed by atoms with Crippen molar-refractivity contribution in [3.63, 3.8) is 0 Å². The zero-order valence-corrected chi connectivity index (χ0v) is 22.8. The van der Waals surface area contributed by atoms with E-state index in [2.05, 4.69) is 25.2 Å². The molecule has 204 valence electrons. The molecule has 0 spiro atoms. The van der Waals surface area contributed by atoms with Crippen LogP contribution in [-0.4, -0.2) is 76.7 Å². The number of H-pyrrole nitrogens is 2. The maximum absolute atomic E-state index is 12.5. The van der Waals surface area contributed by atoms with Gasteiger partial charge < -0.3 is 19.9 Å². The highest BCUT2D eigenvalue weighted by Crippen LogP contribution is 2.24. The molecule has 1 saturated carbocycles. The number of rotatable bonds is 7. The predicted octanol–water partition coefficient (Wildman–Crippen LogP) is 4.31. The van der Waals surface area contributed by atoms with Crippen LogP contribution in [0.1, 0.15) is 44.9 Å². The average Bonchev–Trinajstić information content (AvgIpc) is 3.04. The first kappa shape index (κ1) is 29.1. The van der Waals surface area contributed by atoms with Crippen LogP contribution in [0.15, 0.2) is 29.1 Å². The molecule has 1 aliphatic heterocycles. The van der Waals surface area contributed by atoms with Gasteiger partial charge in [-0.05, 0) is 49.4 Å². The molecule has 1 aromatic carbocycles. The van der Waals surface area contributed by atoms with Gasteiger partial charge in [-0.25, -0.2) is 14.6 Å². The number of pyridine rings is 1. The van der Waals surface area contributed by atoms with Gasteiger partial charge in [0.1, 0.15) is 5.75 Å². The van der Waals surface area contributed by atoms with Gasteiger partial charge in [0.25, 0.3) is 0 Å². The summed E-state index contributed by atoms with van der Waals surface area (Å²) >= 11 is 0. The van der Waals surface area contributed by atoms with E-state index in [1.807, 2.05) is 29.2 Å². The van der Waals surface area contributed by atoms with E-state index in [0.717, 1.165) is 55.2 Å². The SMILES string of the molecule is Cl.Cl.O=C(NCCCOc1ccc2nc3[nH]c(=O)[nH]c3cc2c1)N1CCN(CC2CCCCCC2)CC1. The lowest BCUT2D eigenvalue weighted by Crippen LogP contribution is -2.52. The molecule has 5 rings (SSSR count). The quantitative estimate of drug-likeness (QED) is 0.299. The van der Waals surface area contributed by atoms with Crippen LogP contribution in [-0.2, 0) is 0 Å². The predicted molar refractivity (Wildman–Crippen MR) is 151 cm³/mol. The number of carbonyl (C=O) groups excluding carboxylic acids is 1. The Bertz CT molecular complexity index is 1200. The number of hydrogen-bond acceptors (Lipinski definition) is 5. The number of nitrogens with one attached hydrogen (secondary N) is 3. The minimum absolute atomic E-state index is 0. The second-order valence-electron chi connectivity index (χ2n) is 9.90. The Labute approximate surface area is 229 Å².